The molecule has 1 aromatic heterocycles. The lowest BCUT2D eigenvalue weighted by molar-refractivity contribution is -0.137. The third kappa shape index (κ3) is 4.92. The van der Waals surface area contributed by atoms with Gasteiger partial charge in [0.15, 0.2) is 0 Å². The molecular formula is C28H22F3IN2O2. The third-order valence-corrected chi connectivity index (χ3v) is 7.36. The van der Waals surface area contributed by atoms with E-state index in [4.69, 9.17) is 4.42 Å². The Labute approximate surface area is 220 Å². The van der Waals surface area contributed by atoms with Crippen molar-refractivity contribution in [3.63, 3.8) is 0 Å². The highest BCUT2D eigenvalue weighted by Crippen LogP contribution is 2.46. The first-order valence-corrected chi connectivity index (χ1v) is 12.5. The Morgan fingerprint density at radius 2 is 1.56 bits per heavy atom. The van der Waals surface area contributed by atoms with Gasteiger partial charge in [-0.1, -0.05) is 54.6 Å². The summed E-state index contributed by atoms with van der Waals surface area (Å²) in [5.74, 6) is -0.160. The number of rotatable bonds is 5. The maximum absolute atomic E-state index is 14.1. The second-order valence-electron chi connectivity index (χ2n) is 8.66. The van der Waals surface area contributed by atoms with Crippen LogP contribution in [0.5, 0.6) is 0 Å². The zero-order valence-corrected chi connectivity index (χ0v) is 21.2. The van der Waals surface area contributed by atoms with Crippen LogP contribution >= 0.6 is 22.6 Å². The normalized spacial score (nSPS) is 18.5. The second kappa shape index (κ2) is 10.1. The number of benzene rings is 3. The van der Waals surface area contributed by atoms with Crippen LogP contribution in [0, 0.1) is 3.57 Å². The monoisotopic (exact) mass is 602 g/mol. The van der Waals surface area contributed by atoms with E-state index in [1.807, 2.05) is 59.6 Å². The van der Waals surface area contributed by atoms with Crippen LogP contribution in [0.25, 0.3) is 0 Å². The molecule has 1 fully saturated rings. The maximum Gasteiger partial charge on any atom is 0.416 e. The molecule has 8 heteroatoms. The van der Waals surface area contributed by atoms with E-state index in [1.54, 1.807) is 23.6 Å². The summed E-state index contributed by atoms with van der Waals surface area (Å²) in [6, 6.07) is 23.6. The lowest BCUT2D eigenvalue weighted by Crippen LogP contribution is -2.43. The summed E-state index contributed by atoms with van der Waals surface area (Å²) < 4.78 is 45.8. The number of halogens is 4. The van der Waals surface area contributed by atoms with E-state index in [-0.39, 0.29) is 18.0 Å². The minimum absolute atomic E-state index is 0.160. The van der Waals surface area contributed by atoms with Crippen LogP contribution in [0.1, 0.15) is 51.1 Å². The van der Waals surface area contributed by atoms with Crippen LogP contribution in [0.2, 0.25) is 0 Å². The topological polar surface area (TPSA) is 36.7 Å². The average molecular weight is 602 g/mol. The van der Waals surface area contributed by atoms with E-state index >= 15 is 0 Å². The number of carbonyl (C=O) groups excluding carboxylic acids is 1. The Morgan fingerprint density at radius 3 is 2.19 bits per heavy atom. The number of alkyl halides is 3. The summed E-state index contributed by atoms with van der Waals surface area (Å²) in [4.78, 5) is 14.1. The van der Waals surface area contributed by atoms with E-state index in [1.165, 1.54) is 12.1 Å². The lowest BCUT2D eigenvalue weighted by atomic mass is 9.96. The van der Waals surface area contributed by atoms with Crippen molar-refractivity contribution in [2.45, 2.75) is 31.2 Å². The number of nitrogens with zero attached hydrogens (tertiary/aromatic N) is 2. The predicted octanol–water partition coefficient (Wildman–Crippen LogP) is 7.65. The van der Waals surface area contributed by atoms with Crippen molar-refractivity contribution in [1.29, 1.82) is 0 Å². The zero-order chi connectivity index (χ0) is 25.3. The molecule has 36 heavy (non-hydrogen) atoms. The number of hydrogen-bond acceptors (Lipinski definition) is 3. The van der Waals surface area contributed by atoms with E-state index in [2.05, 4.69) is 22.6 Å². The summed E-state index contributed by atoms with van der Waals surface area (Å²) in [7, 11) is 0. The highest BCUT2D eigenvalue weighted by atomic mass is 127. The van der Waals surface area contributed by atoms with E-state index < -0.39 is 11.7 Å². The van der Waals surface area contributed by atoms with Gasteiger partial charge in [-0.05, 0) is 70.5 Å². The van der Waals surface area contributed by atoms with Gasteiger partial charge in [0.1, 0.15) is 0 Å². The Bertz CT molecular complexity index is 1330. The lowest BCUT2D eigenvalue weighted by Gasteiger charge is -2.35. The van der Waals surface area contributed by atoms with Crippen molar-refractivity contribution in [2.75, 3.05) is 0 Å². The SMILES string of the molecule is O=C(c1ccccc1I)N1[C@H](c2ccccc2)C[C@H](c2ccc(C(F)(F)F)cc2)N1Cc1ccoc1. The standard InChI is InChI=1S/C28H22F3IN2O2/c29-28(30,31)22-12-10-21(11-13-22)25-16-26(20-6-2-1-3-7-20)34(33(25)17-19-14-15-36-18-19)27(35)23-8-4-5-9-24(23)32/h1-15,18,25-26H,16-17H2/t25-,26+/m1/s1. The molecule has 2 heterocycles. The summed E-state index contributed by atoms with van der Waals surface area (Å²) in [6.07, 6.45) is -0.695. The maximum atomic E-state index is 14.1. The van der Waals surface area contributed by atoms with Crippen LogP contribution in [-0.4, -0.2) is 15.9 Å². The molecule has 2 atom stereocenters. The van der Waals surface area contributed by atoms with Crippen LogP contribution in [0.3, 0.4) is 0 Å². The fraction of sp³-hybridized carbons (Fsp3) is 0.179. The van der Waals surface area contributed by atoms with Crippen molar-refractivity contribution in [3.05, 3.63) is 129 Å². The smallest absolute Gasteiger partial charge is 0.416 e. The number of furan rings is 1. The van der Waals surface area contributed by atoms with Gasteiger partial charge in [-0.3, -0.25) is 9.80 Å². The number of hydrazine groups is 1. The van der Waals surface area contributed by atoms with E-state index in [0.717, 1.165) is 26.8 Å². The molecule has 0 spiro atoms. The summed E-state index contributed by atoms with van der Waals surface area (Å²) in [6.45, 7) is 0.362. The number of carbonyl (C=O) groups is 1. The summed E-state index contributed by atoms with van der Waals surface area (Å²) in [5, 5.41) is 3.72. The van der Waals surface area contributed by atoms with Gasteiger partial charge in [0.05, 0.1) is 35.7 Å². The average Bonchev–Trinajstić information content (AvgIpc) is 3.52. The van der Waals surface area contributed by atoms with Crippen molar-refractivity contribution < 1.29 is 22.4 Å². The molecule has 3 aromatic carbocycles. The van der Waals surface area contributed by atoms with Gasteiger partial charge in [-0.15, -0.1) is 0 Å². The molecule has 0 saturated carbocycles. The van der Waals surface area contributed by atoms with Crippen molar-refractivity contribution >= 4 is 28.5 Å². The molecule has 0 aliphatic carbocycles. The quantitative estimate of drug-likeness (QED) is 0.220. The molecule has 0 radical (unpaired) electrons. The van der Waals surface area contributed by atoms with E-state index in [9.17, 15) is 18.0 Å². The first-order valence-electron chi connectivity index (χ1n) is 11.4. The second-order valence-corrected chi connectivity index (χ2v) is 9.82. The molecule has 1 aliphatic rings. The number of amides is 1. The summed E-state index contributed by atoms with van der Waals surface area (Å²) in [5.41, 5.74) is 2.41. The third-order valence-electron chi connectivity index (χ3n) is 6.42. The Kier molecular flexibility index (Phi) is 6.90. The minimum atomic E-state index is -4.41. The van der Waals surface area contributed by atoms with Gasteiger partial charge < -0.3 is 4.42 Å². The van der Waals surface area contributed by atoms with Crippen LogP contribution in [0.4, 0.5) is 13.2 Å². The minimum Gasteiger partial charge on any atom is -0.472 e. The molecule has 184 valence electrons. The molecule has 1 saturated heterocycles. The largest absolute Gasteiger partial charge is 0.472 e. The zero-order valence-electron chi connectivity index (χ0n) is 19.0. The molecule has 4 aromatic rings. The Hall–Kier alpha value is -3.11. The van der Waals surface area contributed by atoms with Crippen LogP contribution in [0.15, 0.2) is 102 Å². The van der Waals surface area contributed by atoms with Crippen molar-refractivity contribution in [3.8, 4) is 0 Å². The molecule has 1 amide bonds. The summed E-state index contributed by atoms with van der Waals surface area (Å²) >= 11 is 2.15. The van der Waals surface area contributed by atoms with Gasteiger partial charge in [0.25, 0.3) is 5.91 Å². The van der Waals surface area contributed by atoms with Gasteiger partial charge in [-0.25, -0.2) is 5.01 Å². The molecule has 1 aliphatic heterocycles. The van der Waals surface area contributed by atoms with Gasteiger partial charge in [0, 0.05) is 15.7 Å². The van der Waals surface area contributed by atoms with Crippen LogP contribution < -0.4 is 0 Å². The molecular weight excluding hydrogens is 580 g/mol. The molecule has 4 nitrogen and oxygen atoms in total. The highest BCUT2D eigenvalue weighted by molar-refractivity contribution is 14.1. The van der Waals surface area contributed by atoms with Gasteiger partial charge in [0.2, 0.25) is 0 Å². The van der Waals surface area contributed by atoms with Crippen LogP contribution in [-0.2, 0) is 12.7 Å². The fourth-order valence-electron chi connectivity index (χ4n) is 4.69. The van der Waals surface area contributed by atoms with E-state index in [0.29, 0.717) is 24.1 Å². The molecule has 5 rings (SSSR count). The van der Waals surface area contributed by atoms with Gasteiger partial charge in [-0.2, -0.15) is 13.2 Å². The Balaban J connectivity index is 1.61. The molecule has 0 bridgehead atoms. The van der Waals surface area contributed by atoms with Crippen molar-refractivity contribution in [1.82, 2.24) is 10.0 Å². The number of hydrogen-bond donors (Lipinski definition) is 0. The van der Waals surface area contributed by atoms with Gasteiger partial charge >= 0.3 is 6.18 Å². The highest BCUT2D eigenvalue weighted by Gasteiger charge is 2.44. The fourth-order valence-corrected chi connectivity index (χ4v) is 5.31. The van der Waals surface area contributed by atoms with Crippen molar-refractivity contribution in [2.24, 2.45) is 0 Å². The molecule has 0 N–H and O–H groups in total. The first-order chi connectivity index (χ1) is 17.3. The molecule has 0 unspecified atom stereocenters. The first kappa shape index (κ1) is 24.6. The predicted molar refractivity (Wildman–Crippen MR) is 138 cm³/mol. The Morgan fingerprint density at radius 1 is 0.889 bits per heavy atom.